The lowest BCUT2D eigenvalue weighted by molar-refractivity contribution is 0.328. The first-order chi connectivity index (χ1) is 14.5. The summed E-state index contributed by atoms with van der Waals surface area (Å²) in [6.45, 7) is 5.83. The molecule has 1 fully saturated rings. The molecule has 0 spiro atoms. The van der Waals surface area contributed by atoms with Crippen LogP contribution in [-0.4, -0.2) is 42.6 Å². The van der Waals surface area contributed by atoms with Crippen molar-refractivity contribution in [3.63, 3.8) is 0 Å². The van der Waals surface area contributed by atoms with Gasteiger partial charge < -0.3 is 10.6 Å². The van der Waals surface area contributed by atoms with Gasteiger partial charge in [0.25, 0.3) is 0 Å². The summed E-state index contributed by atoms with van der Waals surface area (Å²) >= 11 is 6.05. The average Bonchev–Trinajstić information content (AvgIpc) is 2.66. The van der Waals surface area contributed by atoms with Crippen molar-refractivity contribution in [1.29, 1.82) is 0 Å². The Morgan fingerprint density at radius 2 is 1.80 bits per heavy atom. The molecule has 3 heterocycles. The normalized spacial score (nSPS) is 14.9. The number of pyridine rings is 1. The molecule has 1 aliphatic heterocycles. The van der Waals surface area contributed by atoms with Gasteiger partial charge in [-0.3, -0.25) is 0 Å². The van der Waals surface area contributed by atoms with Gasteiger partial charge in [0.05, 0.1) is 4.90 Å². The van der Waals surface area contributed by atoms with Gasteiger partial charge in [0.1, 0.15) is 33.5 Å². The van der Waals surface area contributed by atoms with Crippen molar-refractivity contribution in [2.24, 2.45) is 0 Å². The molecule has 30 heavy (non-hydrogen) atoms. The molecule has 0 radical (unpaired) electrons. The molecular weight excluding hydrogens is 420 g/mol. The molecule has 156 valence electrons. The van der Waals surface area contributed by atoms with Gasteiger partial charge in [-0.25, -0.2) is 23.5 Å². The number of rotatable bonds is 7. The van der Waals surface area contributed by atoms with Crippen LogP contribution >= 0.6 is 11.6 Å². The number of halogens is 1. The van der Waals surface area contributed by atoms with E-state index in [0.717, 1.165) is 30.1 Å². The fourth-order valence-corrected chi connectivity index (χ4v) is 4.44. The van der Waals surface area contributed by atoms with Crippen LogP contribution in [0.5, 0.6) is 0 Å². The molecule has 2 aromatic heterocycles. The van der Waals surface area contributed by atoms with E-state index < -0.39 is 11.0 Å². The fourth-order valence-electron chi connectivity index (χ4n) is 2.96. The third kappa shape index (κ3) is 4.95. The zero-order valence-corrected chi connectivity index (χ0v) is 18.4. The molecule has 4 rings (SSSR count). The quantitative estimate of drug-likeness (QED) is 0.525. The Kier molecular flexibility index (Phi) is 6.26. The van der Waals surface area contributed by atoms with Crippen LogP contribution in [0.4, 0.5) is 17.3 Å². The van der Waals surface area contributed by atoms with E-state index in [1.807, 2.05) is 60.6 Å². The summed E-state index contributed by atoms with van der Waals surface area (Å²) in [5, 5.41) is 7.00. The molecular formula is C21H23ClN6OS. The number of anilines is 3. The highest BCUT2D eigenvalue weighted by Gasteiger charge is 2.21. The second kappa shape index (κ2) is 9.07. The Hall–Kier alpha value is -2.55. The number of nitrogens with zero attached hydrogens (tertiary/aromatic N) is 4. The summed E-state index contributed by atoms with van der Waals surface area (Å²) in [6, 6.07) is 15.0. The van der Waals surface area contributed by atoms with E-state index in [-0.39, 0.29) is 6.04 Å². The Morgan fingerprint density at radius 3 is 2.50 bits per heavy atom. The summed E-state index contributed by atoms with van der Waals surface area (Å²) in [4.78, 5) is 14.3. The number of aromatic nitrogens is 3. The Labute approximate surface area is 183 Å². The summed E-state index contributed by atoms with van der Waals surface area (Å²) in [6.07, 6.45) is 1.09. The summed E-state index contributed by atoms with van der Waals surface area (Å²) in [7, 11) is -1.14. The van der Waals surface area contributed by atoms with E-state index in [0.29, 0.717) is 28.3 Å². The number of benzene rings is 1. The molecule has 7 nitrogen and oxygen atoms in total. The molecule has 0 amide bonds. The monoisotopic (exact) mass is 442 g/mol. The second-order valence-electron chi connectivity index (χ2n) is 7.29. The number of hydrogen-bond acceptors (Lipinski definition) is 6. The summed E-state index contributed by atoms with van der Waals surface area (Å²) in [5.74, 6) is 1.75. The van der Waals surface area contributed by atoms with Crippen LogP contribution in [0.15, 0.2) is 53.4 Å². The van der Waals surface area contributed by atoms with Gasteiger partial charge in [-0.15, -0.1) is 0 Å². The van der Waals surface area contributed by atoms with Crippen molar-refractivity contribution in [3.05, 3.63) is 53.7 Å². The second-order valence-corrected chi connectivity index (χ2v) is 9.16. The summed E-state index contributed by atoms with van der Waals surface area (Å²) in [5.41, 5.74) is 1.39. The van der Waals surface area contributed by atoms with Crippen LogP contribution in [0.3, 0.4) is 0 Å². The molecule has 9 heteroatoms. The standard InChI is InChI=1S/C21H23ClN6OS/c1-14(2)23-19-13-20(27-21(26-19)17-8-4-9-18(22)25-17)24-15-6-3-7-16(12-15)30(29)28-10-5-11-28/h3-4,6-9,12-14H,5,10-11H2,1-2H3,(H2,23,24,26,27). The smallest absolute Gasteiger partial charge is 0.182 e. The van der Waals surface area contributed by atoms with Crippen molar-refractivity contribution < 1.29 is 4.21 Å². The van der Waals surface area contributed by atoms with Crippen LogP contribution in [0.25, 0.3) is 11.5 Å². The average molecular weight is 443 g/mol. The van der Waals surface area contributed by atoms with E-state index in [4.69, 9.17) is 11.6 Å². The minimum Gasteiger partial charge on any atom is -0.368 e. The minimum absolute atomic E-state index is 0.204. The summed E-state index contributed by atoms with van der Waals surface area (Å²) < 4.78 is 14.6. The molecule has 1 aromatic carbocycles. The first-order valence-corrected chi connectivity index (χ1v) is 11.3. The van der Waals surface area contributed by atoms with Crippen LogP contribution in [-0.2, 0) is 11.0 Å². The van der Waals surface area contributed by atoms with E-state index in [9.17, 15) is 4.21 Å². The predicted molar refractivity (Wildman–Crippen MR) is 121 cm³/mol. The van der Waals surface area contributed by atoms with E-state index in [1.54, 1.807) is 6.07 Å². The maximum Gasteiger partial charge on any atom is 0.182 e. The third-order valence-electron chi connectivity index (χ3n) is 4.46. The van der Waals surface area contributed by atoms with Gasteiger partial charge in [0, 0.05) is 30.9 Å². The maximum atomic E-state index is 12.6. The van der Waals surface area contributed by atoms with Gasteiger partial charge in [0.2, 0.25) is 0 Å². The highest BCUT2D eigenvalue weighted by molar-refractivity contribution is 7.82. The molecule has 1 atom stereocenters. The molecule has 1 aliphatic rings. The third-order valence-corrected chi connectivity index (χ3v) is 6.17. The zero-order chi connectivity index (χ0) is 21.1. The first-order valence-electron chi connectivity index (χ1n) is 9.80. The van der Waals surface area contributed by atoms with Crippen LogP contribution in [0.1, 0.15) is 20.3 Å². The van der Waals surface area contributed by atoms with Gasteiger partial charge in [-0.1, -0.05) is 23.7 Å². The Balaban J connectivity index is 1.64. The zero-order valence-electron chi connectivity index (χ0n) is 16.8. The largest absolute Gasteiger partial charge is 0.368 e. The fraction of sp³-hybridized carbons (Fsp3) is 0.286. The van der Waals surface area contributed by atoms with Gasteiger partial charge in [-0.05, 0) is 50.6 Å². The van der Waals surface area contributed by atoms with Gasteiger partial charge >= 0.3 is 0 Å². The predicted octanol–water partition coefficient (Wildman–Crippen LogP) is 4.48. The number of hydrogen-bond donors (Lipinski definition) is 2. The van der Waals surface area contributed by atoms with Gasteiger partial charge in [0.15, 0.2) is 5.82 Å². The van der Waals surface area contributed by atoms with Crippen molar-refractivity contribution in [3.8, 4) is 11.5 Å². The van der Waals surface area contributed by atoms with Crippen LogP contribution < -0.4 is 10.6 Å². The van der Waals surface area contributed by atoms with Crippen molar-refractivity contribution >= 4 is 39.9 Å². The molecule has 0 bridgehead atoms. The Bertz CT molecular complexity index is 1070. The molecule has 1 unspecified atom stereocenters. The van der Waals surface area contributed by atoms with Crippen LogP contribution in [0, 0.1) is 0 Å². The van der Waals surface area contributed by atoms with Gasteiger partial charge in [-0.2, -0.15) is 0 Å². The van der Waals surface area contributed by atoms with Crippen molar-refractivity contribution in [1.82, 2.24) is 19.3 Å². The van der Waals surface area contributed by atoms with Crippen LogP contribution in [0.2, 0.25) is 5.15 Å². The topological polar surface area (TPSA) is 83.0 Å². The van der Waals surface area contributed by atoms with Crippen molar-refractivity contribution in [2.75, 3.05) is 23.7 Å². The van der Waals surface area contributed by atoms with E-state index in [1.165, 1.54) is 0 Å². The first kappa shape index (κ1) is 20.7. The molecule has 0 saturated carbocycles. The molecule has 0 aliphatic carbocycles. The highest BCUT2D eigenvalue weighted by atomic mass is 35.5. The highest BCUT2D eigenvalue weighted by Crippen LogP contribution is 2.25. The molecule has 2 N–H and O–H groups in total. The molecule has 1 saturated heterocycles. The SMILES string of the molecule is CC(C)Nc1cc(Nc2cccc(S(=O)N3CCC3)c2)nc(-c2cccc(Cl)n2)n1. The van der Waals surface area contributed by atoms with E-state index in [2.05, 4.69) is 25.6 Å². The van der Waals surface area contributed by atoms with E-state index >= 15 is 0 Å². The lowest BCUT2D eigenvalue weighted by Gasteiger charge is -2.29. The number of nitrogens with one attached hydrogen (secondary N) is 2. The lowest BCUT2D eigenvalue weighted by Crippen LogP contribution is -2.38. The van der Waals surface area contributed by atoms with Crippen molar-refractivity contribution in [2.45, 2.75) is 31.2 Å². The minimum atomic E-state index is -1.14. The Morgan fingerprint density at radius 1 is 1.03 bits per heavy atom. The lowest BCUT2D eigenvalue weighted by atomic mass is 10.3. The maximum absolute atomic E-state index is 12.6. The molecule has 3 aromatic rings.